The lowest BCUT2D eigenvalue weighted by atomic mass is 10.0. The Morgan fingerprint density at radius 1 is 1.36 bits per heavy atom. The highest BCUT2D eigenvalue weighted by atomic mass is 35.5. The van der Waals surface area contributed by atoms with Gasteiger partial charge in [0.2, 0.25) is 0 Å². The zero-order valence-electron chi connectivity index (χ0n) is 18.6. The van der Waals surface area contributed by atoms with E-state index in [9.17, 15) is 10.1 Å². The highest BCUT2D eigenvalue weighted by Gasteiger charge is 2.24. The molecule has 1 unspecified atom stereocenters. The number of benzene rings is 1. The summed E-state index contributed by atoms with van der Waals surface area (Å²) in [6.45, 7) is 3.89. The summed E-state index contributed by atoms with van der Waals surface area (Å²) < 4.78 is 14.5. The maximum atomic E-state index is 12.9. The van der Waals surface area contributed by atoms with E-state index in [-0.39, 0.29) is 16.6 Å². The normalized spacial score (nSPS) is 19.7. The molecule has 4 rings (SSSR count). The van der Waals surface area contributed by atoms with Crippen molar-refractivity contribution in [1.29, 1.82) is 5.26 Å². The molecule has 1 aromatic carbocycles. The first-order chi connectivity index (χ1) is 16.1. The van der Waals surface area contributed by atoms with E-state index in [2.05, 4.69) is 20.8 Å². The first-order valence-corrected chi connectivity index (χ1v) is 12.3. The summed E-state index contributed by atoms with van der Waals surface area (Å²) in [5.41, 5.74) is 0.859. The third-order valence-electron chi connectivity index (χ3n) is 6.07. The molecule has 0 amide bonds. The molecule has 0 aliphatic carbocycles. The molecule has 1 aromatic heterocycles. The summed E-state index contributed by atoms with van der Waals surface area (Å²) in [7, 11) is 1.56. The molecule has 0 spiro atoms. The Bertz CT molecular complexity index is 1060. The van der Waals surface area contributed by atoms with Gasteiger partial charge in [-0.1, -0.05) is 11.6 Å². The molecule has 2 saturated heterocycles. The van der Waals surface area contributed by atoms with E-state index in [1.165, 1.54) is 4.68 Å². The number of aromatic nitrogens is 2. The van der Waals surface area contributed by atoms with Crippen LogP contribution in [0, 0.1) is 17.2 Å². The number of nitriles is 1. The summed E-state index contributed by atoms with van der Waals surface area (Å²) in [4.78, 5) is 13.9. The minimum absolute atomic E-state index is 0.0122. The van der Waals surface area contributed by atoms with Crippen molar-refractivity contribution in [3.8, 4) is 11.8 Å². The first-order valence-electron chi connectivity index (χ1n) is 11.2. The van der Waals surface area contributed by atoms with Gasteiger partial charge in [0.25, 0.3) is 5.56 Å². The smallest absolute Gasteiger partial charge is 0.287 e. The van der Waals surface area contributed by atoms with Crippen LogP contribution in [-0.2, 0) is 4.74 Å². The van der Waals surface area contributed by atoms with Gasteiger partial charge in [0.15, 0.2) is 0 Å². The fourth-order valence-corrected chi connectivity index (χ4v) is 5.40. The average molecular weight is 490 g/mol. The average Bonchev–Trinajstić information content (AvgIpc) is 2.86. The zero-order valence-corrected chi connectivity index (χ0v) is 20.2. The summed E-state index contributed by atoms with van der Waals surface area (Å²) in [5.74, 6) is 1.00. The lowest BCUT2D eigenvalue weighted by Crippen LogP contribution is -2.36. The van der Waals surface area contributed by atoms with Crippen LogP contribution in [0.15, 0.2) is 34.1 Å². The molecule has 2 fully saturated rings. The molecular formula is C23H28ClN5O3S. The second kappa shape index (κ2) is 11.3. The summed E-state index contributed by atoms with van der Waals surface area (Å²) in [5, 5.41) is 17.2. The number of anilines is 1. The number of methoxy groups -OCH3 is 1. The van der Waals surface area contributed by atoms with Gasteiger partial charge in [-0.2, -0.15) is 10.4 Å². The lowest BCUT2D eigenvalue weighted by molar-refractivity contribution is 0.0595. The predicted molar refractivity (Wildman–Crippen MR) is 129 cm³/mol. The Balaban J connectivity index is 1.34. The number of hydrogen-bond acceptors (Lipinski definition) is 8. The number of halogens is 1. The molecule has 176 valence electrons. The standard InChI is InChI=1S/C23H28ClN5O3S/c1-31-21-5-4-19(11-17(21)12-25)33-28-8-6-18(7-9-28)29-23(30)22(24)20(14-27-29)26-13-16-3-2-10-32-15-16/h4-5,11,14,16,18,26H,2-3,6-10,13,15H2,1H3. The van der Waals surface area contributed by atoms with Gasteiger partial charge >= 0.3 is 0 Å². The molecule has 2 aliphatic rings. The molecule has 1 atom stereocenters. The summed E-state index contributed by atoms with van der Waals surface area (Å²) in [6, 6.07) is 7.79. The second-order valence-electron chi connectivity index (χ2n) is 8.31. The third-order valence-corrected chi connectivity index (χ3v) is 7.53. The van der Waals surface area contributed by atoms with Crippen LogP contribution in [-0.4, -0.2) is 54.0 Å². The van der Waals surface area contributed by atoms with Gasteiger partial charge in [-0.25, -0.2) is 8.99 Å². The van der Waals surface area contributed by atoms with Gasteiger partial charge in [-0.05, 0) is 61.7 Å². The molecule has 33 heavy (non-hydrogen) atoms. The Labute approximate surface area is 202 Å². The quantitative estimate of drug-likeness (QED) is 0.584. The number of hydrogen-bond donors (Lipinski definition) is 1. The van der Waals surface area contributed by atoms with Crippen LogP contribution >= 0.6 is 23.5 Å². The molecule has 10 heteroatoms. The summed E-state index contributed by atoms with van der Waals surface area (Å²) >= 11 is 8.02. The van der Waals surface area contributed by atoms with Crippen molar-refractivity contribution in [2.45, 2.75) is 36.6 Å². The minimum Gasteiger partial charge on any atom is -0.495 e. The molecule has 0 radical (unpaired) electrons. The highest BCUT2D eigenvalue weighted by molar-refractivity contribution is 7.97. The van der Waals surface area contributed by atoms with Crippen LogP contribution in [0.3, 0.4) is 0 Å². The molecule has 3 heterocycles. The van der Waals surface area contributed by atoms with Gasteiger partial charge in [0.1, 0.15) is 16.8 Å². The number of rotatable bonds is 7. The topological polar surface area (TPSA) is 92.4 Å². The van der Waals surface area contributed by atoms with E-state index >= 15 is 0 Å². The predicted octanol–water partition coefficient (Wildman–Crippen LogP) is 3.96. The van der Waals surface area contributed by atoms with E-state index in [1.807, 2.05) is 18.2 Å². The van der Waals surface area contributed by atoms with Crippen molar-refractivity contribution in [3.63, 3.8) is 0 Å². The van der Waals surface area contributed by atoms with E-state index in [0.29, 0.717) is 22.9 Å². The van der Waals surface area contributed by atoms with Crippen molar-refractivity contribution in [3.05, 3.63) is 45.3 Å². The lowest BCUT2D eigenvalue weighted by Gasteiger charge is -2.31. The number of piperidine rings is 1. The Morgan fingerprint density at radius 3 is 2.88 bits per heavy atom. The van der Waals surface area contributed by atoms with Gasteiger partial charge < -0.3 is 14.8 Å². The van der Waals surface area contributed by atoms with E-state index in [4.69, 9.17) is 21.1 Å². The van der Waals surface area contributed by atoms with Crippen molar-refractivity contribution in [2.24, 2.45) is 5.92 Å². The van der Waals surface area contributed by atoms with Crippen molar-refractivity contribution in [1.82, 2.24) is 14.1 Å². The first kappa shape index (κ1) is 23.9. The van der Waals surface area contributed by atoms with Crippen LogP contribution < -0.4 is 15.6 Å². The second-order valence-corrected chi connectivity index (χ2v) is 9.86. The molecular weight excluding hydrogens is 462 g/mol. The minimum atomic E-state index is -0.249. The van der Waals surface area contributed by atoms with Crippen molar-refractivity contribution < 1.29 is 9.47 Å². The fraction of sp³-hybridized carbons (Fsp3) is 0.522. The van der Waals surface area contributed by atoms with Crippen LogP contribution in [0.4, 0.5) is 5.69 Å². The largest absolute Gasteiger partial charge is 0.495 e. The van der Waals surface area contributed by atoms with Gasteiger partial charge in [-0.3, -0.25) is 4.79 Å². The van der Waals surface area contributed by atoms with Crippen LogP contribution in [0.1, 0.15) is 37.3 Å². The molecule has 0 saturated carbocycles. The Kier molecular flexibility index (Phi) is 8.15. The van der Waals surface area contributed by atoms with Gasteiger partial charge in [-0.15, -0.1) is 0 Å². The molecule has 2 aromatic rings. The van der Waals surface area contributed by atoms with E-state index in [1.54, 1.807) is 25.3 Å². The Morgan fingerprint density at radius 2 is 2.18 bits per heavy atom. The van der Waals surface area contributed by atoms with Gasteiger partial charge in [0, 0.05) is 31.1 Å². The molecule has 0 bridgehead atoms. The zero-order chi connectivity index (χ0) is 23.2. The van der Waals surface area contributed by atoms with E-state index < -0.39 is 0 Å². The number of nitrogens with zero attached hydrogens (tertiary/aromatic N) is 4. The Hall–Kier alpha value is -2.25. The molecule has 2 aliphatic heterocycles. The van der Waals surface area contributed by atoms with Crippen molar-refractivity contribution >= 4 is 29.2 Å². The number of ether oxygens (including phenoxy) is 2. The number of nitrogens with one attached hydrogen (secondary N) is 1. The SMILES string of the molecule is COc1ccc(SN2CCC(n3ncc(NCC4CCCOC4)c(Cl)c3=O)CC2)cc1C#N. The van der Waals surface area contributed by atoms with Crippen LogP contribution in [0.5, 0.6) is 5.75 Å². The third kappa shape index (κ3) is 5.82. The maximum Gasteiger partial charge on any atom is 0.287 e. The van der Waals surface area contributed by atoms with Gasteiger partial charge in [0.05, 0.1) is 37.2 Å². The molecule has 1 N–H and O–H groups in total. The maximum absolute atomic E-state index is 12.9. The van der Waals surface area contributed by atoms with Crippen molar-refractivity contribution in [2.75, 3.05) is 45.3 Å². The fourth-order valence-electron chi connectivity index (χ4n) is 4.21. The summed E-state index contributed by atoms with van der Waals surface area (Å²) in [6.07, 6.45) is 5.43. The van der Waals surface area contributed by atoms with Crippen LogP contribution in [0.25, 0.3) is 0 Å². The van der Waals surface area contributed by atoms with E-state index in [0.717, 1.165) is 63.4 Å². The van der Waals surface area contributed by atoms with Crippen LogP contribution in [0.2, 0.25) is 5.02 Å². The highest BCUT2D eigenvalue weighted by Crippen LogP contribution is 2.32. The molecule has 8 nitrogen and oxygen atoms in total. The monoisotopic (exact) mass is 489 g/mol.